The lowest BCUT2D eigenvalue weighted by molar-refractivity contribution is -0.390. The second-order valence-corrected chi connectivity index (χ2v) is 33.0. The van der Waals surface area contributed by atoms with E-state index in [1.54, 1.807) is 55.6 Å². The summed E-state index contributed by atoms with van der Waals surface area (Å²) in [6.45, 7) is 9.78. The van der Waals surface area contributed by atoms with E-state index in [2.05, 4.69) is 190 Å². The number of fused-ring (bicyclic) bond motifs is 1. The predicted molar refractivity (Wildman–Crippen MR) is 503 cm³/mol. The van der Waals surface area contributed by atoms with Crippen LogP contribution in [0.5, 0.6) is 34.5 Å². The molecule has 0 atom stereocenters. The van der Waals surface area contributed by atoms with Gasteiger partial charge in [-0.25, -0.2) is 13.8 Å². The fourth-order valence-corrected chi connectivity index (χ4v) is 15.4. The van der Waals surface area contributed by atoms with E-state index in [4.69, 9.17) is 39.9 Å². The van der Waals surface area contributed by atoms with Crippen LogP contribution in [0.15, 0.2) is 252 Å². The third-order valence-electron chi connectivity index (χ3n) is 19.2. The maximum Gasteiger partial charge on any atom is 0.340 e. The van der Waals surface area contributed by atoms with Gasteiger partial charge >= 0.3 is 11.4 Å². The summed E-state index contributed by atoms with van der Waals surface area (Å²) in [5.41, 5.74) is 24.4. The maximum absolute atomic E-state index is 13.1. The summed E-state index contributed by atoms with van der Waals surface area (Å²) in [4.78, 5) is 41.8. The normalized spacial score (nSPS) is 10.5. The summed E-state index contributed by atoms with van der Waals surface area (Å²) >= 11 is 19.6. The Labute approximate surface area is 771 Å². The lowest BCUT2D eigenvalue weighted by Gasteiger charge is -2.28. The van der Waals surface area contributed by atoms with Crippen LogP contribution in [0, 0.1) is 59.4 Å². The number of nitrogens with two attached hydrogens (primary N) is 2. The number of nitrogen functional groups attached to an aromatic ring is 2. The number of nitro groups is 3. The first-order valence-corrected chi connectivity index (χ1v) is 43.0. The van der Waals surface area contributed by atoms with Gasteiger partial charge in [-0.1, -0.05) is 189 Å². The average Bonchev–Trinajstić information content (AvgIpc) is 1.24. The molecule has 0 aliphatic rings. The van der Waals surface area contributed by atoms with E-state index in [0.29, 0.717) is 51.7 Å². The molecule has 1 aromatic heterocycles. The van der Waals surface area contributed by atoms with E-state index in [9.17, 15) is 52.3 Å². The Balaban J connectivity index is 0.000000195. The highest BCUT2D eigenvalue weighted by molar-refractivity contribution is 9.11. The zero-order valence-corrected chi connectivity index (χ0v) is 79.0. The number of hydrogen-bond donors (Lipinski definition) is 2. The summed E-state index contributed by atoms with van der Waals surface area (Å²) < 4.78 is 101. The van der Waals surface area contributed by atoms with E-state index in [-0.39, 0.29) is 15.1 Å². The lowest BCUT2D eigenvalue weighted by Crippen LogP contribution is -2.23. The Kier molecular flexibility index (Phi) is 38.2. The summed E-state index contributed by atoms with van der Waals surface area (Å²) in [6.07, 6.45) is 3.76. The van der Waals surface area contributed by atoms with Crippen LogP contribution in [0.25, 0.3) is 11.0 Å². The van der Waals surface area contributed by atoms with Crippen LogP contribution in [0.2, 0.25) is 0 Å². The number of benzene rings is 12. The van der Waals surface area contributed by atoms with Gasteiger partial charge in [0.25, 0.3) is 5.69 Å². The van der Waals surface area contributed by atoms with E-state index in [1.165, 1.54) is 22.3 Å². The molecular formula is C92H89Br6F5N10O12. The molecule has 0 aliphatic carbocycles. The number of nitro benzene ring substituents is 3. The molecule has 0 bridgehead atoms. The molecular weight excluding hydrogens is 2010 g/mol. The van der Waals surface area contributed by atoms with Crippen molar-refractivity contribution in [2.75, 3.05) is 68.8 Å². The summed E-state index contributed by atoms with van der Waals surface area (Å²) in [7, 11) is 12.0. The molecule has 0 saturated heterocycles. The largest absolute Gasteiger partial charge is 0.497 e. The van der Waals surface area contributed by atoms with Gasteiger partial charge in [0.2, 0.25) is 17.5 Å². The highest BCUT2D eigenvalue weighted by Gasteiger charge is 2.27. The van der Waals surface area contributed by atoms with Crippen molar-refractivity contribution in [1.82, 2.24) is 9.55 Å². The van der Waals surface area contributed by atoms with Crippen molar-refractivity contribution in [3.05, 3.63) is 361 Å². The van der Waals surface area contributed by atoms with Crippen LogP contribution in [0.1, 0.15) is 70.8 Å². The second kappa shape index (κ2) is 48.2. The van der Waals surface area contributed by atoms with Gasteiger partial charge in [0.1, 0.15) is 63.0 Å². The van der Waals surface area contributed by atoms with Crippen molar-refractivity contribution in [3.63, 3.8) is 0 Å². The Hall–Kier alpha value is -11.4. The minimum Gasteiger partial charge on any atom is -0.497 e. The molecule has 0 amide bonds. The Morgan fingerprint density at radius 3 is 0.896 bits per heavy atom. The summed E-state index contributed by atoms with van der Waals surface area (Å²) in [6, 6.07) is 66.8. The van der Waals surface area contributed by atoms with Crippen LogP contribution < -0.4 is 54.6 Å². The van der Waals surface area contributed by atoms with Gasteiger partial charge in [-0.05, 0) is 204 Å². The first-order valence-electron chi connectivity index (χ1n) is 38.2. The molecule has 0 spiro atoms. The Morgan fingerprint density at radius 1 is 0.336 bits per heavy atom. The third-order valence-corrected chi connectivity index (χ3v) is 21.9. The summed E-state index contributed by atoms with van der Waals surface area (Å²) in [5.74, 6) is 0.300. The van der Waals surface area contributed by atoms with E-state index >= 15 is 0 Å². The number of imidazole rings is 1. The number of halogens is 11. The van der Waals surface area contributed by atoms with Gasteiger partial charge in [0.05, 0.1) is 86.3 Å². The zero-order valence-electron chi connectivity index (χ0n) is 69.5. The predicted octanol–water partition coefficient (Wildman–Crippen LogP) is 25.5. The smallest absolute Gasteiger partial charge is 0.340 e. The quantitative estimate of drug-likeness (QED) is 0.0210. The number of anilines is 5. The first-order chi connectivity index (χ1) is 59.7. The Morgan fingerprint density at radius 2 is 0.584 bits per heavy atom. The van der Waals surface area contributed by atoms with Gasteiger partial charge < -0.3 is 59.2 Å². The van der Waals surface area contributed by atoms with Crippen LogP contribution in [-0.4, -0.2) is 67.0 Å². The average molecular weight is 2100 g/mol. The fraction of sp³-hybridized carbons (Fsp3) is 0.207. The molecule has 0 saturated carbocycles. The zero-order chi connectivity index (χ0) is 91.3. The second-order valence-electron chi connectivity index (χ2n) is 27.5. The number of aryl methyl sites for hydroxylation is 4. The first kappa shape index (κ1) is 99.1. The third kappa shape index (κ3) is 28.6. The molecule has 13 rings (SSSR count). The van der Waals surface area contributed by atoms with Crippen LogP contribution in [0.3, 0.4) is 0 Å². The number of aromatic nitrogens is 2. The monoisotopic (exact) mass is 2090 g/mol. The van der Waals surface area contributed by atoms with E-state index in [1.807, 2.05) is 139 Å². The molecule has 4 N–H and O–H groups in total. The van der Waals surface area contributed by atoms with Crippen molar-refractivity contribution in [2.45, 2.75) is 79.3 Å². The molecule has 13 aromatic rings. The molecule has 0 aliphatic heterocycles. The molecule has 1 heterocycles. The fourth-order valence-electron chi connectivity index (χ4n) is 12.7. The van der Waals surface area contributed by atoms with E-state index < -0.39 is 56.0 Å². The number of nitrogens with zero attached hydrogens (tertiary/aromatic N) is 8. The van der Waals surface area contributed by atoms with Crippen LogP contribution in [-0.2, 0) is 65.6 Å². The SMILES string of the molecule is CCc1cc(Br)cc(F)c1[N+](=O)[O-].CCc1cc(Br)cc(N(Cc2ccc(OC)cc2)Cc2ccc(OC)cc2)c1N.CCc1cc(Br)cc(N(Cc2ccc(OC)cc2)Cc2ccc(OC)cc2)c1[N+](=O)[O-].COc1ccc(CN(Cc2ccc(OC)cc2)c2cc(Br)cc3c2ncn3C)cc1.Nc1c(F)cc(Br)cc1F.O=[N+]([O-])c1c(F)cc(Br)cc1F. The molecule has 12 aromatic carbocycles. The Bertz CT molecular complexity index is 5610. The van der Waals surface area contributed by atoms with Gasteiger partial charge in [0, 0.05) is 84.3 Å². The van der Waals surface area contributed by atoms with Crippen molar-refractivity contribution < 1.29 is 65.1 Å². The molecule has 0 unspecified atom stereocenters. The molecule has 656 valence electrons. The molecule has 33 heteroatoms. The highest BCUT2D eigenvalue weighted by Crippen LogP contribution is 2.40. The van der Waals surface area contributed by atoms with Gasteiger partial charge in [-0.2, -0.15) is 13.2 Å². The van der Waals surface area contributed by atoms with Crippen LogP contribution in [0.4, 0.5) is 67.5 Å². The minimum absolute atomic E-state index is 0.128. The standard InChI is InChI=1S/C24H24BrN3O2.C24H25BrN2O4.C24H27BrN2O2.C8H7BrFNO2.C6H2BrF2NO2.C6H4BrF2N/c1-27-16-26-24-22(27)12-19(25)13-23(24)28(14-17-4-8-20(29-2)9-5-17)15-18-6-10-21(30-3)11-7-18;1-4-19-13-20(25)14-23(24(19)27(28)29)26(15-17-5-9-21(30-2)10-6-17)16-18-7-11-22(31-3)12-8-18;1-4-19-13-20(25)14-23(24(19)26)27(15-17-5-9-21(28-2)10-6-17)16-18-7-11-22(29-3)12-8-18;1-2-5-3-6(9)4-7(10)8(5)11(12)13;7-3-1-4(8)6(10(11)12)5(9)2-3;7-3-1-4(8)6(10)5(9)2-3/h4-13,16H,14-15H2,1-3H3;5-14H,4,15-16H2,1-3H3;5-14H,4,15-16,26H2,1-3H3;3-4H,2H2,1H3;1-2H;1-2H,10H2. The van der Waals surface area contributed by atoms with Crippen molar-refractivity contribution in [1.29, 1.82) is 0 Å². The molecule has 22 nitrogen and oxygen atoms in total. The van der Waals surface area contributed by atoms with E-state index in [0.717, 1.165) is 156 Å². The van der Waals surface area contributed by atoms with Crippen molar-refractivity contribution in [3.8, 4) is 34.5 Å². The molecule has 0 fully saturated rings. The number of rotatable bonds is 27. The van der Waals surface area contributed by atoms with Gasteiger partial charge in [-0.15, -0.1) is 0 Å². The highest BCUT2D eigenvalue weighted by atomic mass is 79.9. The minimum atomic E-state index is -1.19. The molecule has 0 radical (unpaired) electrons. The maximum atomic E-state index is 13.1. The number of methoxy groups -OCH3 is 6. The summed E-state index contributed by atoms with van der Waals surface area (Å²) in [5, 5.41) is 32.5. The number of ether oxygens (including phenoxy) is 6. The molecule has 125 heavy (non-hydrogen) atoms. The van der Waals surface area contributed by atoms with Gasteiger partial charge in [0.15, 0.2) is 0 Å². The number of hydrogen-bond acceptors (Lipinski definition) is 18. The topological polar surface area (TPSA) is 264 Å². The van der Waals surface area contributed by atoms with Crippen molar-refractivity contribution >= 4 is 152 Å². The van der Waals surface area contributed by atoms with Crippen LogP contribution >= 0.6 is 95.6 Å². The van der Waals surface area contributed by atoms with Gasteiger partial charge in [-0.3, -0.25) is 30.3 Å². The van der Waals surface area contributed by atoms with Crippen molar-refractivity contribution in [2.24, 2.45) is 7.05 Å². The lowest BCUT2D eigenvalue weighted by atomic mass is 10.1.